The summed E-state index contributed by atoms with van der Waals surface area (Å²) in [5, 5.41) is 0. The molecule has 4 saturated heterocycles. The maximum Gasteiger partial charge on any atom is 0.138 e. The Morgan fingerprint density at radius 1 is 1.24 bits per heavy atom. The molecular weight excluding hydrogens is 212 g/mol. The quantitative estimate of drug-likeness (QED) is 0.683. The molecular formula is C14H20N2O. The fourth-order valence-corrected chi connectivity index (χ4v) is 3.77. The molecule has 92 valence electrons. The first-order chi connectivity index (χ1) is 8.40. The Morgan fingerprint density at radius 2 is 2.12 bits per heavy atom. The van der Waals surface area contributed by atoms with Crippen LogP contribution in [0.4, 0.5) is 0 Å². The van der Waals surface area contributed by atoms with Gasteiger partial charge in [0.15, 0.2) is 0 Å². The highest BCUT2D eigenvalue weighted by Gasteiger charge is 2.37. The third-order valence-corrected chi connectivity index (χ3v) is 4.82. The number of rotatable bonds is 1. The SMILES string of the molecule is C1=C2CCOC2=CN([C@H]2CN3CCC2CC3)C1. The van der Waals surface area contributed by atoms with E-state index >= 15 is 0 Å². The predicted molar refractivity (Wildman–Crippen MR) is 66.4 cm³/mol. The van der Waals surface area contributed by atoms with E-state index in [-0.39, 0.29) is 0 Å². The minimum Gasteiger partial charge on any atom is -0.491 e. The van der Waals surface area contributed by atoms with Crippen LogP contribution in [0.2, 0.25) is 0 Å². The van der Waals surface area contributed by atoms with Crippen LogP contribution in [-0.4, -0.2) is 48.6 Å². The zero-order chi connectivity index (χ0) is 11.2. The van der Waals surface area contributed by atoms with Crippen LogP contribution in [0.1, 0.15) is 19.3 Å². The highest BCUT2D eigenvalue weighted by molar-refractivity contribution is 5.32. The Bertz CT molecular complexity index is 380. The van der Waals surface area contributed by atoms with Crippen molar-refractivity contribution < 1.29 is 4.74 Å². The number of hydrogen-bond acceptors (Lipinski definition) is 3. The molecule has 4 fully saturated rings. The summed E-state index contributed by atoms with van der Waals surface area (Å²) in [6.45, 7) is 5.88. The molecule has 3 heteroatoms. The van der Waals surface area contributed by atoms with Gasteiger partial charge in [-0.1, -0.05) is 6.08 Å². The summed E-state index contributed by atoms with van der Waals surface area (Å²) in [7, 11) is 0. The number of piperidine rings is 3. The Morgan fingerprint density at radius 3 is 2.88 bits per heavy atom. The summed E-state index contributed by atoms with van der Waals surface area (Å²) >= 11 is 0. The summed E-state index contributed by atoms with van der Waals surface area (Å²) < 4.78 is 5.70. The minimum atomic E-state index is 0.729. The van der Waals surface area contributed by atoms with Gasteiger partial charge in [0.25, 0.3) is 0 Å². The molecule has 0 radical (unpaired) electrons. The van der Waals surface area contributed by atoms with E-state index in [4.69, 9.17) is 4.74 Å². The van der Waals surface area contributed by atoms with Gasteiger partial charge in [-0.2, -0.15) is 0 Å². The molecule has 0 unspecified atom stereocenters. The molecule has 0 amide bonds. The van der Waals surface area contributed by atoms with E-state index in [9.17, 15) is 0 Å². The van der Waals surface area contributed by atoms with Gasteiger partial charge in [-0.15, -0.1) is 0 Å². The van der Waals surface area contributed by atoms with Crippen molar-refractivity contribution in [1.29, 1.82) is 0 Å². The van der Waals surface area contributed by atoms with Crippen molar-refractivity contribution in [3.8, 4) is 0 Å². The molecule has 1 atom stereocenters. The molecule has 2 bridgehead atoms. The molecule has 5 aliphatic rings. The second-order valence-electron chi connectivity index (χ2n) is 5.72. The Labute approximate surface area is 103 Å². The first-order valence-electron chi connectivity index (χ1n) is 6.92. The van der Waals surface area contributed by atoms with E-state index in [1.807, 2.05) is 0 Å². The summed E-state index contributed by atoms with van der Waals surface area (Å²) in [4.78, 5) is 5.15. The first-order valence-corrected chi connectivity index (χ1v) is 6.92. The van der Waals surface area contributed by atoms with Crippen LogP contribution in [0.3, 0.4) is 0 Å². The van der Waals surface area contributed by atoms with Crippen LogP contribution in [0.15, 0.2) is 23.6 Å². The van der Waals surface area contributed by atoms with Gasteiger partial charge in [-0.05, 0) is 37.4 Å². The van der Waals surface area contributed by atoms with Crippen molar-refractivity contribution in [1.82, 2.24) is 9.80 Å². The Balaban J connectivity index is 1.55. The number of nitrogens with zero attached hydrogens (tertiary/aromatic N) is 2. The van der Waals surface area contributed by atoms with Gasteiger partial charge in [0.05, 0.1) is 6.61 Å². The molecule has 0 spiro atoms. The van der Waals surface area contributed by atoms with Crippen molar-refractivity contribution in [3.05, 3.63) is 23.6 Å². The van der Waals surface area contributed by atoms with Gasteiger partial charge in [0.2, 0.25) is 0 Å². The average Bonchev–Trinajstić information content (AvgIpc) is 2.87. The van der Waals surface area contributed by atoms with E-state index in [2.05, 4.69) is 22.1 Å². The normalized spacial score (nSPS) is 39.5. The fraction of sp³-hybridized carbons (Fsp3) is 0.714. The second kappa shape index (κ2) is 3.77. The monoisotopic (exact) mass is 232 g/mol. The topological polar surface area (TPSA) is 15.7 Å². The maximum absolute atomic E-state index is 5.70. The van der Waals surface area contributed by atoms with Crippen molar-refractivity contribution in [2.24, 2.45) is 5.92 Å². The zero-order valence-electron chi connectivity index (χ0n) is 10.3. The van der Waals surface area contributed by atoms with E-state index in [1.54, 1.807) is 0 Å². The molecule has 0 N–H and O–H groups in total. The predicted octanol–water partition coefficient (Wildman–Crippen LogP) is 1.58. The van der Waals surface area contributed by atoms with Crippen molar-refractivity contribution in [2.75, 3.05) is 32.8 Å². The van der Waals surface area contributed by atoms with E-state index in [0.717, 1.165) is 37.3 Å². The lowest BCUT2D eigenvalue weighted by Crippen LogP contribution is -2.56. The molecule has 0 aliphatic carbocycles. The highest BCUT2D eigenvalue weighted by Crippen LogP contribution is 2.34. The Kier molecular flexibility index (Phi) is 2.22. The first kappa shape index (κ1) is 10.0. The standard InChI is InChI=1S/C14H20N2O/c1-5-15-6-2-11(1)13(9-15)16-7-3-12-4-8-17-14(12)10-16/h3,10-11,13H,1-2,4-9H2/t13-/m0/s1. The van der Waals surface area contributed by atoms with Gasteiger partial charge in [-0.3, -0.25) is 0 Å². The van der Waals surface area contributed by atoms with Crippen molar-refractivity contribution in [3.63, 3.8) is 0 Å². The van der Waals surface area contributed by atoms with Gasteiger partial charge in [0.1, 0.15) is 5.76 Å². The van der Waals surface area contributed by atoms with Gasteiger partial charge >= 0.3 is 0 Å². The molecule has 5 heterocycles. The van der Waals surface area contributed by atoms with E-state index in [1.165, 1.54) is 38.0 Å². The lowest BCUT2D eigenvalue weighted by Gasteiger charge is -2.49. The van der Waals surface area contributed by atoms with Crippen molar-refractivity contribution in [2.45, 2.75) is 25.3 Å². The van der Waals surface area contributed by atoms with Crippen LogP contribution < -0.4 is 0 Å². The third kappa shape index (κ3) is 1.60. The molecule has 3 nitrogen and oxygen atoms in total. The molecule has 0 aromatic carbocycles. The van der Waals surface area contributed by atoms with Gasteiger partial charge in [0, 0.05) is 31.8 Å². The summed E-state index contributed by atoms with van der Waals surface area (Å²) in [6.07, 6.45) is 8.55. The van der Waals surface area contributed by atoms with Crippen LogP contribution in [0, 0.1) is 5.92 Å². The van der Waals surface area contributed by atoms with E-state index in [0.29, 0.717) is 0 Å². The highest BCUT2D eigenvalue weighted by atomic mass is 16.5. The summed E-state index contributed by atoms with van der Waals surface area (Å²) in [5.74, 6) is 2.06. The number of allylic oxidation sites excluding steroid dienone is 1. The maximum atomic E-state index is 5.70. The van der Waals surface area contributed by atoms with Gasteiger partial charge < -0.3 is 14.5 Å². The molecule has 17 heavy (non-hydrogen) atoms. The van der Waals surface area contributed by atoms with Crippen LogP contribution in [-0.2, 0) is 4.74 Å². The molecule has 0 saturated carbocycles. The molecule has 0 aromatic rings. The van der Waals surface area contributed by atoms with Crippen LogP contribution >= 0.6 is 0 Å². The lowest BCUT2D eigenvalue weighted by atomic mass is 9.83. The smallest absolute Gasteiger partial charge is 0.138 e. The van der Waals surface area contributed by atoms with E-state index < -0.39 is 0 Å². The molecule has 0 aromatic heterocycles. The lowest BCUT2D eigenvalue weighted by molar-refractivity contribution is 0.0275. The molecule has 5 rings (SSSR count). The molecule has 5 aliphatic heterocycles. The summed E-state index contributed by atoms with van der Waals surface area (Å²) in [5.41, 5.74) is 1.43. The largest absolute Gasteiger partial charge is 0.491 e. The average molecular weight is 232 g/mol. The summed E-state index contributed by atoms with van der Waals surface area (Å²) in [6, 6.07) is 0.729. The Hall–Kier alpha value is -0.960. The minimum absolute atomic E-state index is 0.729. The van der Waals surface area contributed by atoms with Crippen LogP contribution in [0.25, 0.3) is 0 Å². The number of fused-ring (bicyclic) bond motifs is 4. The third-order valence-electron chi connectivity index (χ3n) is 4.82. The van der Waals surface area contributed by atoms with Crippen LogP contribution in [0.5, 0.6) is 0 Å². The second-order valence-corrected chi connectivity index (χ2v) is 5.72. The zero-order valence-corrected chi connectivity index (χ0v) is 10.3. The number of hydrogen-bond donors (Lipinski definition) is 0. The fourth-order valence-electron chi connectivity index (χ4n) is 3.77. The van der Waals surface area contributed by atoms with Crippen molar-refractivity contribution >= 4 is 0 Å². The number of ether oxygens (including phenoxy) is 1. The van der Waals surface area contributed by atoms with Gasteiger partial charge in [-0.25, -0.2) is 0 Å².